The first-order chi connectivity index (χ1) is 4.27. The van der Waals surface area contributed by atoms with Crippen LogP contribution in [0.4, 0.5) is 0 Å². The van der Waals surface area contributed by atoms with E-state index < -0.39 is 5.97 Å². The molecule has 0 fully saturated rings. The van der Waals surface area contributed by atoms with Gasteiger partial charge in [-0.2, -0.15) is 0 Å². The van der Waals surface area contributed by atoms with Gasteiger partial charge >= 0.3 is 5.97 Å². The van der Waals surface area contributed by atoms with Crippen LogP contribution in [0.3, 0.4) is 0 Å². The predicted molar refractivity (Wildman–Crippen MR) is 33.0 cm³/mol. The molecule has 0 aliphatic heterocycles. The van der Waals surface area contributed by atoms with Gasteiger partial charge in [0.25, 0.3) is 0 Å². The number of allylic oxidation sites excluding steroid dienone is 2. The summed E-state index contributed by atoms with van der Waals surface area (Å²) in [5.74, 6) is -0.988. The van der Waals surface area contributed by atoms with Gasteiger partial charge in [-0.15, -0.1) is 0 Å². The van der Waals surface area contributed by atoms with Gasteiger partial charge in [-0.3, -0.25) is 0 Å². The smallest absolute Gasteiger partial charge is 0.328 e. The summed E-state index contributed by atoms with van der Waals surface area (Å²) in [5, 5.41) is 16.2. The molecule has 9 heavy (non-hydrogen) atoms. The summed E-state index contributed by atoms with van der Waals surface area (Å²) >= 11 is 0. The maximum absolute atomic E-state index is 9.78. The van der Waals surface area contributed by atoms with Crippen molar-refractivity contribution in [1.29, 1.82) is 0 Å². The Hall–Kier alpha value is -1.09. The molecule has 0 aliphatic rings. The van der Waals surface area contributed by atoms with Crippen molar-refractivity contribution in [2.24, 2.45) is 0 Å². The van der Waals surface area contributed by atoms with E-state index in [9.17, 15) is 4.79 Å². The average molecular weight is 128 g/mol. The fraction of sp³-hybridized carbons (Fsp3) is 0.167. The van der Waals surface area contributed by atoms with Crippen LogP contribution in [0.25, 0.3) is 0 Å². The van der Waals surface area contributed by atoms with E-state index in [-0.39, 0.29) is 6.61 Å². The van der Waals surface area contributed by atoms with Gasteiger partial charge in [0.05, 0.1) is 6.61 Å². The topological polar surface area (TPSA) is 57.5 Å². The lowest BCUT2D eigenvalue weighted by atomic mass is 10.4. The second-order valence-electron chi connectivity index (χ2n) is 1.31. The van der Waals surface area contributed by atoms with E-state index in [1.807, 2.05) is 0 Å². The van der Waals surface area contributed by atoms with Crippen LogP contribution in [-0.2, 0) is 4.79 Å². The molecule has 0 aliphatic carbocycles. The minimum Gasteiger partial charge on any atom is -0.478 e. The Kier molecular flexibility index (Phi) is 4.44. The molecule has 0 unspecified atom stereocenters. The molecule has 0 amide bonds. The highest BCUT2D eigenvalue weighted by Gasteiger charge is 1.79. The number of aliphatic hydroxyl groups excluding tert-OH is 1. The molecule has 0 bridgehead atoms. The third kappa shape index (κ3) is 6.91. The number of rotatable bonds is 3. The molecule has 3 nitrogen and oxygen atoms in total. The van der Waals surface area contributed by atoms with Crippen molar-refractivity contribution in [2.75, 3.05) is 6.61 Å². The average Bonchev–Trinajstić information content (AvgIpc) is 1.80. The molecule has 0 heterocycles. The van der Waals surface area contributed by atoms with Crippen molar-refractivity contribution in [3.05, 3.63) is 24.3 Å². The fourth-order valence-corrected chi connectivity index (χ4v) is 0.277. The van der Waals surface area contributed by atoms with Crippen LogP contribution in [0.1, 0.15) is 0 Å². The van der Waals surface area contributed by atoms with Crippen molar-refractivity contribution in [2.45, 2.75) is 0 Å². The quantitative estimate of drug-likeness (QED) is 0.421. The first-order valence-electron chi connectivity index (χ1n) is 2.44. The molecule has 0 aromatic carbocycles. The monoisotopic (exact) mass is 128 g/mol. The normalized spacial score (nSPS) is 11.2. The van der Waals surface area contributed by atoms with E-state index in [4.69, 9.17) is 10.2 Å². The molecule has 0 rings (SSSR count). The molecule has 3 heteroatoms. The maximum atomic E-state index is 9.78. The Morgan fingerprint density at radius 1 is 1.44 bits per heavy atom. The minimum atomic E-state index is -0.988. The second-order valence-corrected chi connectivity index (χ2v) is 1.31. The highest BCUT2D eigenvalue weighted by molar-refractivity contribution is 5.80. The summed E-state index contributed by atoms with van der Waals surface area (Å²) in [6.07, 6.45) is 5.25. The number of carboxylic acids is 1. The van der Waals surface area contributed by atoms with Gasteiger partial charge in [0.15, 0.2) is 0 Å². The molecule has 0 saturated heterocycles. The Morgan fingerprint density at radius 2 is 2.11 bits per heavy atom. The molecule has 2 N–H and O–H groups in total. The van der Waals surface area contributed by atoms with Crippen LogP contribution in [-0.4, -0.2) is 22.8 Å². The van der Waals surface area contributed by atoms with E-state index in [0.717, 1.165) is 6.08 Å². The van der Waals surface area contributed by atoms with Crippen molar-refractivity contribution in [1.82, 2.24) is 0 Å². The summed E-state index contributed by atoms with van der Waals surface area (Å²) in [6.45, 7) is -0.0655. The maximum Gasteiger partial charge on any atom is 0.328 e. The largest absolute Gasteiger partial charge is 0.478 e. The Labute approximate surface area is 52.9 Å². The summed E-state index contributed by atoms with van der Waals surface area (Å²) < 4.78 is 0. The lowest BCUT2D eigenvalue weighted by Crippen LogP contribution is -1.84. The van der Waals surface area contributed by atoms with Crippen molar-refractivity contribution < 1.29 is 15.0 Å². The number of carbonyl (C=O) groups is 1. The predicted octanol–water partition coefficient (Wildman–Crippen LogP) is 0.176. The van der Waals surface area contributed by atoms with Crippen LogP contribution in [0.5, 0.6) is 0 Å². The molecular formula is C6H8O3. The van der Waals surface area contributed by atoms with E-state index in [1.54, 1.807) is 0 Å². The number of aliphatic carboxylic acids is 1. The summed E-state index contributed by atoms with van der Waals surface area (Å²) in [7, 11) is 0. The molecule has 0 spiro atoms. The first kappa shape index (κ1) is 7.91. The van der Waals surface area contributed by atoms with E-state index in [2.05, 4.69) is 0 Å². The Bertz CT molecular complexity index is 135. The summed E-state index contributed by atoms with van der Waals surface area (Å²) in [5.41, 5.74) is 0. The van der Waals surface area contributed by atoms with Gasteiger partial charge in [-0.05, 0) is 0 Å². The van der Waals surface area contributed by atoms with E-state index >= 15 is 0 Å². The third-order valence-corrected chi connectivity index (χ3v) is 0.591. The molecule has 0 aromatic rings. The van der Waals surface area contributed by atoms with Crippen molar-refractivity contribution in [3.63, 3.8) is 0 Å². The molecular weight excluding hydrogens is 120 g/mol. The van der Waals surface area contributed by atoms with E-state index in [0.29, 0.717) is 0 Å². The second kappa shape index (κ2) is 5.05. The van der Waals surface area contributed by atoms with Crippen LogP contribution >= 0.6 is 0 Å². The zero-order valence-electron chi connectivity index (χ0n) is 4.82. The van der Waals surface area contributed by atoms with Gasteiger partial charge < -0.3 is 10.2 Å². The van der Waals surface area contributed by atoms with Crippen LogP contribution in [0.15, 0.2) is 24.3 Å². The fourth-order valence-electron chi connectivity index (χ4n) is 0.277. The number of aliphatic hydroxyl groups is 1. The van der Waals surface area contributed by atoms with Gasteiger partial charge in [-0.1, -0.05) is 18.2 Å². The number of hydrogen-bond acceptors (Lipinski definition) is 2. The lowest BCUT2D eigenvalue weighted by Gasteiger charge is -1.74. The van der Waals surface area contributed by atoms with Crippen LogP contribution in [0, 0.1) is 0 Å². The Morgan fingerprint density at radius 3 is 2.56 bits per heavy atom. The molecule has 0 aromatic heterocycles. The first-order valence-corrected chi connectivity index (χ1v) is 2.44. The highest BCUT2D eigenvalue weighted by Crippen LogP contribution is 1.75. The SMILES string of the molecule is O=C(O)/C=C/C=C/CO. The minimum absolute atomic E-state index is 0.0655. The van der Waals surface area contributed by atoms with Gasteiger partial charge in [0, 0.05) is 6.08 Å². The zero-order chi connectivity index (χ0) is 7.11. The Balaban J connectivity index is 3.47. The van der Waals surface area contributed by atoms with Crippen molar-refractivity contribution in [3.8, 4) is 0 Å². The van der Waals surface area contributed by atoms with Crippen LogP contribution < -0.4 is 0 Å². The van der Waals surface area contributed by atoms with Gasteiger partial charge in [0.2, 0.25) is 0 Å². The zero-order valence-corrected chi connectivity index (χ0v) is 4.82. The lowest BCUT2D eigenvalue weighted by molar-refractivity contribution is -0.131. The highest BCUT2D eigenvalue weighted by atomic mass is 16.4. The third-order valence-electron chi connectivity index (χ3n) is 0.591. The summed E-state index contributed by atoms with van der Waals surface area (Å²) in [6, 6.07) is 0. The molecule has 50 valence electrons. The molecule has 0 radical (unpaired) electrons. The van der Waals surface area contributed by atoms with Gasteiger partial charge in [0.1, 0.15) is 0 Å². The molecule has 0 atom stereocenters. The summed E-state index contributed by atoms with van der Waals surface area (Å²) in [4.78, 5) is 9.78. The standard InChI is InChI=1S/C6H8O3/c7-5-3-1-2-4-6(8)9/h1-4,7H,5H2,(H,8,9)/b3-1+,4-2+. The van der Waals surface area contributed by atoms with E-state index in [1.165, 1.54) is 18.2 Å². The molecule has 0 saturated carbocycles. The van der Waals surface area contributed by atoms with Crippen LogP contribution in [0.2, 0.25) is 0 Å². The number of carboxylic acid groups (broad SMARTS) is 1. The van der Waals surface area contributed by atoms with Gasteiger partial charge in [-0.25, -0.2) is 4.79 Å². The number of hydrogen-bond donors (Lipinski definition) is 2. The van der Waals surface area contributed by atoms with Crippen molar-refractivity contribution >= 4 is 5.97 Å².